The van der Waals surface area contributed by atoms with Crippen LogP contribution in [0, 0.1) is 0 Å². The largest absolute Gasteiger partial charge is 0.356 e. The van der Waals surface area contributed by atoms with Gasteiger partial charge in [0.05, 0.1) is 0 Å². The SMILES string of the molecule is CCCN(CCC)C(=O)c1cccc(C(=O)N[C@@H](Cc2ccccc2)P(=O)(O)CCCC(=O)NCCc2ccccc2)c1. The van der Waals surface area contributed by atoms with Gasteiger partial charge in [0, 0.05) is 49.8 Å². The van der Waals surface area contributed by atoms with E-state index in [9.17, 15) is 23.8 Å². The van der Waals surface area contributed by atoms with Crippen LogP contribution in [0.3, 0.4) is 0 Å². The fraction of sp³-hybridized carbons (Fsp3) is 0.382. The summed E-state index contributed by atoms with van der Waals surface area (Å²) in [5.41, 5.74) is 2.57. The van der Waals surface area contributed by atoms with Gasteiger partial charge in [-0.1, -0.05) is 80.6 Å². The summed E-state index contributed by atoms with van der Waals surface area (Å²) in [6.45, 7) is 5.77. The van der Waals surface area contributed by atoms with Crippen molar-refractivity contribution in [1.82, 2.24) is 15.5 Å². The van der Waals surface area contributed by atoms with E-state index in [4.69, 9.17) is 0 Å². The molecule has 3 aromatic rings. The summed E-state index contributed by atoms with van der Waals surface area (Å²) in [6.07, 6.45) is 2.73. The minimum absolute atomic E-state index is 0.113. The van der Waals surface area contributed by atoms with Crippen LogP contribution in [0.5, 0.6) is 0 Å². The van der Waals surface area contributed by atoms with Crippen molar-refractivity contribution >= 4 is 25.1 Å². The van der Waals surface area contributed by atoms with Crippen molar-refractivity contribution in [1.29, 1.82) is 0 Å². The summed E-state index contributed by atoms with van der Waals surface area (Å²) in [4.78, 5) is 51.8. The molecule has 2 atom stereocenters. The van der Waals surface area contributed by atoms with E-state index in [1.54, 1.807) is 23.1 Å². The average molecular weight is 606 g/mol. The Kier molecular flexibility index (Phi) is 13.7. The van der Waals surface area contributed by atoms with Crippen LogP contribution in [0.4, 0.5) is 0 Å². The first-order chi connectivity index (χ1) is 20.7. The van der Waals surface area contributed by atoms with Gasteiger partial charge in [-0.05, 0) is 55.0 Å². The Morgan fingerprint density at radius 2 is 1.44 bits per heavy atom. The molecule has 43 heavy (non-hydrogen) atoms. The molecule has 230 valence electrons. The molecule has 0 bridgehead atoms. The number of benzene rings is 3. The second-order valence-corrected chi connectivity index (χ2v) is 13.3. The Hall–Kier alpha value is -3.74. The molecule has 0 radical (unpaired) electrons. The topological polar surface area (TPSA) is 116 Å². The molecular formula is C34H44N3O5P. The highest BCUT2D eigenvalue weighted by atomic mass is 31.2. The van der Waals surface area contributed by atoms with Gasteiger partial charge in [0.1, 0.15) is 5.78 Å². The summed E-state index contributed by atoms with van der Waals surface area (Å²) in [7, 11) is -3.92. The first-order valence-electron chi connectivity index (χ1n) is 15.1. The van der Waals surface area contributed by atoms with Crippen molar-refractivity contribution in [2.24, 2.45) is 0 Å². The molecule has 0 aromatic heterocycles. The van der Waals surface area contributed by atoms with Gasteiger partial charge in [0.2, 0.25) is 13.3 Å². The molecule has 0 spiro atoms. The highest BCUT2D eigenvalue weighted by Crippen LogP contribution is 2.47. The van der Waals surface area contributed by atoms with Gasteiger partial charge in [-0.25, -0.2) is 0 Å². The summed E-state index contributed by atoms with van der Waals surface area (Å²) < 4.78 is 13.6. The Morgan fingerprint density at radius 3 is 2.07 bits per heavy atom. The zero-order valence-electron chi connectivity index (χ0n) is 25.2. The smallest absolute Gasteiger partial charge is 0.253 e. The molecule has 8 nitrogen and oxygen atoms in total. The van der Waals surface area contributed by atoms with Gasteiger partial charge in [-0.2, -0.15) is 0 Å². The molecular weight excluding hydrogens is 561 g/mol. The van der Waals surface area contributed by atoms with E-state index in [2.05, 4.69) is 10.6 Å². The number of carbonyl (C=O) groups excluding carboxylic acids is 3. The lowest BCUT2D eigenvalue weighted by atomic mass is 10.1. The van der Waals surface area contributed by atoms with Crippen molar-refractivity contribution in [3.05, 3.63) is 107 Å². The standard InChI is InChI=1S/C34H44N3O5P/c1-3-22-37(23-4-2)34(40)30-18-11-17-29(26-30)33(39)36-32(25-28-15-9-6-10-16-28)43(41,42)24-12-19-31(38)35-21-20-27-13-7-5-8-14-27/h5-11,13-18,26,32H,3-4,12,19-25H2,1-2H3,(H,35,38)(H,36,39)(H,41,42)/t32-/m1/s1. The van der Waals surface area contributed by atoms with Crippen molar-refractivity contribution in [2.45, 2.75) is 58.2 Å². The van der Waals surface area contributed by atoms with E-state index in [-0.39, 0.29) is 42.8 Å². The average Bonchev–Trinajstić information content (AvgIpc) is 3.01. The van der Waals surface area contributed by atoms with Crippen LogP contribution < -0.4 is 10.6 Å². The van der Waals surface area contributed by atoms with Gasteiger partial charge in [-0.3, -0.25) is 18.9 Å². The maximum Gasteiger partial charge on any atom is 0.253 e. The van der Waals surface area contributed by atoms with Crippen LogP contribution in [-0.4, -0.2) is 59.1 Å². The number of hydrogen-bond donors (Lipinski definition) is 3. The Morgan fingerprint density at radius 1 is 0.837 bits per heavy atom. The first kappa shape index (κ1) is 33.8. The third-order valence-corrected chi connectivity index (χ3v) is 9.41. The third-order valence-electron chi connectivity index (χ3n) is 7.16. The fourth-order valence-corrected chi connectivity index (χ4v) is 6.64. The minimum atomic E-state index is -3.92. The highest BCUT2D eigenvalue weighted by Gasteiger charge is 2.32. The van der Waals surface area contributed by atoms with Crippen molar-refractivity contribution < 1.29 is 23.8 Å². The third kappa shape index (κ3) is 11.1. The zero-order chi connectivity index (χ0) is 31.1. The lowest BCUT2D eigenvalue weighted by Gasteiger charge is -2.25. The molecule has 0 aliphatic heterocycles. The van der Waals surface area contributed by atoms with Crippen molar-refractivity contribution in [3.63, 3.8) is 0 Å². The van der Waals surface area contributed by atoms with Crippen LogP contribution in [0.15, 0.2) is 84.9 Å². The van der Waals surface area contributed by atoms with Gasteiger partial charge in [0.25, 0.3) is 11.8 Å². The second kappa shape index (κ2) is 17.4. The Bertz CT molecular complexity index is 1360. The summed E-state index contributed by atoms with van der Waals surface area (Å²) in [5.74, 6) is -1.91. The van der Waals surface area contributed by atoms with Crippen LogP contribution >= 0.6 is 7.37 Å². The molecule has 3 rings (SSSR count). The molecule has 0 fully saturated rings. The van der Waals surface area contributed by atoms with E-state index in [0.29, 0.717) is 31.6 Å². The Labute approximate surface area is 255 Å². The van der Waals surface area contributed by atoms with E-state index < -0.39 is 19.1 Å². The summed E-state index contributed by atoms with van der Waals surface area (Å²) in [5, 5.41) is 5.65. The number of amides is 3. The van der Waals surface area contributed by atoms with Crippen LogP contribution in [0.25, 0.3) is 0 Å². The maximum atomic E-state index is 13.6. The normalized spacial score (nSPS) is 13.0. The maximum absolute atomic E-state index is 13.6. The van der Waals surface area contributed by atoms with Crippen molar-refractivity contribution in [2.75, 3.05) is 25.8 Å². The molecule has 0 saturated heterocycles. The van der Waals surface area contributed by atoms with Crippen LogP contribution in [-0.2, 0) is 22.2 Å². The predicted octanol–water partition coefficient (Wildman–Crippen LogP) is 5.66. The minimum Gasteiger partial charge on any atom is -0.356 e. The second-order valence-electron chi connectivity index (χ2n) is 10.7. The molecule has 3 N–H and O–H groups in total. The molecule has 1 unspecified atom stereocenters. The zero-order valence-corrected chi connectivity index (χ0v) is 26.1. The summed E-state index contributed by atoms with van der Waals surface area (Å²) >= 11 is 0. The van der Waals surface area contributed by atoms with Gasteiger partial charge < -0.3 is 20.4 Å². The predicted molar refractivity (Wildman–Crippen MR) is 171 cm³/mol. The van der Waals surface area contributed by atoms with Crippen LogP contribution in [0.2, 0.25) is 0 Å². The van der Waals surface area contributed by atoms with E-state index >= 15 is 0 Å². The van der Waals surface area contributed by atoms with Gasteiger partial charge >= 0.3 is 0 Å². The number of rotatable bonds is 17. The lowest BCUT2D eigenvalue weighted by Crippen LogP contribution is -2.37. The summed E-state index contributed by atoms with van der Waals surface area (Å²) in [6, 6.07) is 25.5. The van der Waals surface area contributed by atoms with Crippen LogP contribution in [0.1, 0.15) is 71.4 Å². The fourth-order valence-electron chi connectivity index (χ4n) is 4.90. The number of nitrogens with zero attached hydrogens (tertiary/aromatic N) is 1. The van der Waals surface area contributed by atoms with E-state index in [0.717, 1.165) is 24.0 Å². The first-order valence-corrected chi connectivity index (χ1v) is 17.0. The molecule has 3 aromatic carbocycles. The molecule has 0 aliphatic rings. The number of nitrogens with one attached hydrogen (secondary N) is 2. The molecule has 0 saturated carbocycles. The molecule has 3 amide bonds. The van der Waals surface area contributed by atoms with E-state index in [1.807, 2.05) is 74.5 Å². The van der Waals surface area contributed by atoms with Gasteiger partial charge in [0.15, 0.2) is 0 Å². The monoisotopic (exact) mass is 605 g/mol. The quantitative estimate of drug-likeness (QED) is 0.172. The molecule has 0 aliphatic carbocycles. The molecule has 9 heteroatoms. The van der Waals surface area contributed by atoms with E-state index in [1.165, 1.54) is 6.07 Å². The highest BCUT2D eigenvalue weighted by molar-refractivity contribution is 7.58. The van der Waals surface area contributed by atoms with Gasteiger partial charge in [-0.15, -0.1) is 0 Å². The Balaban J connectivity index is 1.65. The van der Waals surface area contributed by atoms with Crippen molar-refractivity contribution in [3.8, 4) is 0 Å². The molecule has 0 heterocycles. The lowest BCUT2D eigenvalue weighted by molar-refractivity contribution is -0.121. The number of carbonyl (C=O) groups is 3. The number of hydrogen-bond acceptors (Lipinski definition) is 4.